The maximum atomic E-state index is 12.8. The van der Waals surface area contributed by atoms with Gasteiger partial charge in [0.1, 0.15) is 0 Å². The minimum atomic E-state index is -1.51. The van der Waals surface area contributed by atoms with E-state index in [4.69, 9.17) is 11.6 Å². The van der Waals surface area contributed by atoms with Gasteiger partial charge in [0.15, 0.2) is 5.72 Å². The fraction of sp³-hybridized carbons (Fsp3) is 0.235. The van der Waals surface area contributed by atoms with Crippen LogP contribution >= 0.6 is 11.6 Å². The molecule has 1 aromatic heterocycles. The summed E-state index contributed by atoms with van der Waals surface area (Å²) in [5, 5.41) is 17.1. The van der Waals surface area contributed by atoms with Crippen LogP contribution < -0.4 is 0 Å². The Kier molecular flexibility index (Phi) is 4.15. The van der Waals surface area contributed by atoms with Gasteiger partial charge in [0.2, 0.25) is 0 Å². The Hall–Kier alpha value is -2.24. The van der Waals surface area contributed by atoms with Gasteiger partial charge < -0.3 is 5.11 Å². The van der Waals surface area contributed by atoms with Crippen molar-refractivity contribution in [3.8, 4) is 0 Å². The van der Waals surface area contributed by atoms with Crippen LogP contribution in [0.3, 0.4) is 0 Å². The zero-order chi connectivity index (χ0) is 16.4. The summed E-state index contributed by atoms with van der Waals surface area (Å²) in [7, 11) is 0. The lowest BCUT2D eigenvalue weighted by molar-refractivity contribution is -0.0766. The molecule has 1 aliphatic rings. The summed E-state index contributed by atoms with van der Waals surface area (Å²) in [4.78, 5) is 16.8. The molecule has 0 spiro atoms. The molecule has 3 rings (SSSR count). The first-order chi connectivity index (χ1) is 11.0. The molecular formula is C17H16ClN3O2. The summed E-state index contributed by atoms with van der Waals surface area (Å²) in [5.74, 6) is -0.393. The molecule has 5 nitrogen and oxygen atoms in total. The first-order valence-corrected chi connectivity index (χ1v) is 7.72. The molecule has 0 fully saturated rings. The molecule has 118 valence electrons. The van der Waals surface area contributed by atoms with E-state index in [1.165, 1.54) is 0 Å². The van der Waals surface area contributed by atoms with E-state index in [0.29, 0.717) is 22.6 Å². The van der Waals surface area contributed by atoms with Crippen molar-refractivity contribution in [2.24, 2.45) is 5.10 Å². The van der Waals surface area contributed by atoms with E-state index < -0.39 is 11.6 Å². The molecule has 6 heteroatoms. The minimum Gasteiger partial charge on any atom is -0.365 e. The van der Waals surface area contributed by atoms with Gasteiger partial charge in [-0.15, -0.1) is 0 Å². The number of rotatable bonds is 3. The summed E-state index contributed by atoms with van der Waals surface area (Å²) in [6.45, 7) is 1.94. The first kappa shape index (κ1) is 15.6. The summed E-state index contributed by atoms with van der Waals surface area (Å²) >= 11 is 5.96. The standard InChI is InChI=1S/C17H16ClN3O2/c1-2-15-11-17(23,13-6-8-19-9-7-13)21(20-15)16(22)12-4-3-5-14(18)10-12/h3-10,23H,2,11H2,1H3/t17-/m0/s1. The van der Waals surface area contributed by atoms with Crippen molar-refractivity contribution in [2.45, 2.75) is 25.5 Å². The number of carbonyl (C=O) groups is 1. The summed E-state index contributed by atoms with van der Waals surface area (Å²) in [6, 6.07) is 9.98. The third-order valence-corrected chi connectivity index (χ3v) is 4.09. The summed E-state index contributed by atoms with van der Waals surface area (Å²) in [6.07, 6.45) is 4.10. The number of aliphatic hydroxyl groups is 1. The van der Waals surface area contributed by atoms with Gasteiger partial charge in [-0.3, -0.25) is 9.78 Å². The number of halogens is 1. The van der Waals surface area contributed by atoms with Crippen LogP contribution in [0.2, 0.25) is 5.02 Å². The third kappa shape index (κ3) is 2.85. The van der Waals surface area contributed by atoms with Gasteiger partial charge in [0.05, 0.1) is 0 Å². The van der Waals surface area contributed by atoms with Crippen LogP contribution in [0.5, 0.6) is 0 Å². The Morgan fingerprint density at radius 2 is 2.09 bits per heavy atom. The van der Waals surface area contributed by atoms with E-state index >= 15 is 0 Å². The topological polar surface area (TPSA) is 65.8 Å². The molecule has 0 saturated carbocycles. The van der Waals surface area contributed by atoms with Gasteiger partial charge in [-0.2, -0.15) is 10.1 Å². The Labute approximate surface area is 139 Å². The third-order valence-electron chi connectivity index (χ3n) is 3.86. The van der Waals surface area contributed by atoms with Crippen molar-refractivity contribution < 1.29 is 9.90 Å². The second-order valence-electron chi connectivity index (χ2n) is 5.38. The smallest absolute Gasteiger partial charge is 0.276 e. The van der Waals surface area contributed by atoms with E-state index in [9.17, 15) is 9.90 Å². The molecule has 1 amide bonds. The lowest BCUT2D eigenvalue weighted by atomic mass is 9.97. The number of hydrazone groups is 1. The van der Waals surface area contributed by atoms with Crippen LogP contribution in [-0.4, -0.2) is 26.7 Å². The van der Waals surface area contributed by atoms with E-state index in [0.717, 1.165) is 10.7 Å². The maximum Gasteiger partial charge on any atom is 0.276 e. The van der Waals surface area contributed by atoms with Gasteiger partial charge in [0, 0.05) is 40.7 Å². The molecule has 23 heavy (non-hydrogen) atoms. The van der Waals surface area contributed by atoms with E-state index in [2.05, 4.69) is 10.1 Å². The van der Waals surface area contributed by atoms with Gasteiger partial charge in [-0.05, 0) is 36.8 Å². The molecule has 0 bridgehead atoms. The molecule has 1 aliphatic heterocycles. The van der Waals surface area contributed by atoms with Crippen molar-refractivity contribution >= 4 is 23.2 Å². The number of hydrogen-bond donors (Lipinski definition) is 1. The van der Waals surface area contributed by atoms with Gasteiger partial charge >= 0.3 is 0 Å². The number of hydrogen-bond acceptors (Lipinski definition) is 4. The highest BCUT2D eigenvalue weighted by Gasteiger charge is 2.45. The molecule has 0 radical (unpaired) electrons. The second kappa shape index (κ2) is 6.10. The van der Waals surface area contributed by atoms with Crippen molar-refractivity contribution in [2.75, 3.05) is 0 Å². The second-order valence-corrected chi connectivity index (χ2v) is 5.81. The molecule has 0 saturated heterocycles. The highest BCUT2D eigenvalue weighted by Crippen LogP contribution is 2.36. The van der Waals surface area contributed by atoms with Crippen molar-refractivity contribution in [1.29, 1.82) is 0 Å². The molecule has 1 N–H and O–H groups in total. The normalized spacial score (nSPS) is 20.5. The predicted molar refractivity (Wildman–Crippen MR) is 88.1 cm³/mol. The first-order valence-electron chi connectivity index (χ1n) is 7.34. The predicted octanol–water partition coefficient (Wildman–Crippen LogP) is 3.19. The van der Waals surface area contributed by atoms with Crippen LogP contribution in [0, 0.1) is 0 Å². The van der Waals surface area contributed by atoms with Gasteiger partial charge in [-0.25, -0.2) is 0 Å². The van der Waals surface area contributed by atoms with Gasteiger partial charge in [-0.1, -0.05) is 24.6 Å². The Morgan fingerprint density at radius 3 is 2.74 bits per heavy atom. The lowest BCUT2D eigenvalue weighted by Gasteiger charge is -2.31. The molecule has 0 unspecified atom stereocenters. The molecule has 1 atom stereocenters. The quantitative estimate of drug-likeness (QED) is 0.940. The fourth-order valence-corrected chi connectivity index (χ4v) is 2.81. The zero-order valence-electron chi connectivity index (χ0n) is 12.6. The van der Waals surface area contributed by atoms with Gasteiger partial charge in [0.25, 0.3) is 5.91 Å². The minimum absolute atomic E-state index is 0.278. The average molecular weight is 330 g/mol. The van der Waals surface area contributed by atoms with Crippen LogP contribution in [-0.2, 0) is 5.72 Å². The highest BCUT2D eigenvalue weighted by molar-refractivity contribution is 6.31. The molecule has 1 aromatic carbocycles. The maximum absolute atomic E-state index is 12.8. The van der Waals surface area contributed by atoms with Crippen LogP contribution in [0.15, 0.2) is 53.9 Å². The van der Waals surface area contributed by atoms with Crippen LogP contribution in [0.4, 0.5) is 0 Å². The Morgan fingerprint density at radius 1 is 1.35 bits per heavy atom. The van der Waals surface area contributed by atoms with Crippen LogP contribution in [0.1, 0.15) is 35.7 Å². The number of pyridine rings is 1. The SMILES string of the molecule is CCC1=NN(C(=O)c2cccc(Cl)c2)[C@@](O)(c2ccncc2)C1. The Balaban J connectivity index is 2.03. The molecular weight excluding hydrogens is 314 g/mol. The van der Waals surface area contributed by atoms with Crippen molar-refractivity contribution in [3.05, 3.63) is 64.9 Å². The molecule has 2 heterocycles. The van der Waals surface area contributed by atoms with Crippen molar-refractivity contribution in [3.63, 3.8) is 0 Å². The fourth-order valence-electron chi connectivity index (χ4n) is 2.62. The number of amides is 1. The summed E-state index contributed by atoms with van der Waals surface area (Å²) < 4.78 is 0. The number of benzene rings is 1. The van der Waals surface area contributed by atoms with E-state index in [-0.39, 0.29) is 6.42 Å². The Bertz CT molecular complexity index is 763. The largest absolute Gasteiger partial charge is 0.365 e. The van der Waals surface area contributed by atoms with E-state index in [1.54, 1.807) is 48.8 Å². The summed E-state index contributed by atoms with van der Waals surface area (Å²) in [5.41, 5.74) is 0.217. The molecule has 2 aromatic rings. The lowest BCUT2D eigenvalue weighted by Crippen LogP contribution is -2.43. The van der Waals surface area contributed by atoms with E-state index in [1.807, 2.05) is 6.92 Å². The zero-order valence-corrected chi connectivity index (χ0v) is 13.4. The average Bonchev–Trinajstić information content (AvgIpc) is 2.93. The number of carbonyl (C=O) groups excluding carboxylic acids is 1. The monoisotopic (exact) mass is 329 g/mol. The van der Waals surface area contributed by atoms with Crippen LogP contribution in [0.25, 0.3) is 0 Å². The number of aromatic nitrogens is 1. The van der Waals surface area contributed by atoms with Crippen molar-refractivity contribution in [1.82, 2.24) is 9.99 Å². The molecule has 0 aliphatic carbocycles. The number of nitrogens with zero attached hydrogens (tertiary/aromatic N) is 3. The highest BCUT2D eigenvalue weighted by atomic mass is 35.5.